The molecule has 0 aliphatic rings. The molecule has 44 heavy (non-hydrogen) atoms. The van der Waals surface area contributed by atoms with Crippen LogP contribution >= 0.6 is 0 Å². The SMILES string of the molecule is CCS(=O)(=O)N[C@H](Cc1ccc(-c2ccc(OC)cc2)cc1)C(=O)N[C@@H](CCC(N)=O)C(=O)NCc1ccc(C(=N)N)cc1. The van der Waals surface area contributed by atoms with Gasteiger partial charge >= 0.3 is 0 Å². The highest BCUT2D eigenvalue weighted by Crippen LogP contribution is 2.23. The Bertz CT molecular complexity index is 1560. The monoisotopic (exact) mass is 622 g/mol. The second kappa shape index (κ2) is 15.6. The second-order valence-corrected chi connectivity index (χ2v) is 12.1. The molecule has 0 aliphatic heterocycles. The second-order valence-electron chi connectivity index (χ2n) is 10.1. The number of amides is 3. The predicted molar refractivity (Wildman–Crippen MR) is 168 cm³/mol. The van der Waals surface area contributed by atoms with Gasteiger partial charge in [0.2, 0.25) is 27.7 Å². The van der Waals surface area contributed by atoms with Crippen LogP contribution in [0.25, 0.3) is 11.1 Å². The smallest absolute Gasteiger partial charge is 0.242 e. The highest BCUT2D eigenvalue weighted by atomic mass is 32.2. The summed E-state index contributed by atoms with van der Waals surface area (Å²) in [5.74, 6) is -1.56. The summed E-state index contributed by atoms with van der Waals surface area (Å²) in [7, 11) is -2.21. The number of hydrogen-bond donors (Lipinski definition) is 6. The maximum atomic E-state index is 13.4. The van der Waals surface area contributed by atoms with Crippen molar-refractivity contribution in [1.82, 2.24) is 15.4 Å². The first-order chi connectivity index (χ1) is 20.9. The van der Waals surface area contributed by atoms with Crippen molar-refractivity contribution in [1.29, 1.82) is 5.41 Å². The number of carbonyl (C=O) groups excluding carboxylic acids is 3. The van der Waals surface area contributed by atoms with Gasteiger partial charge in [-0.25, -0.2) is 13.1 Å². The Balaban J connectivity index is 1.75. The Hall–Kier alpha value is -4.75. The van der Waals surface area contributed by atoms with Crippen molar-refractivity contribution in [3.63, 3.8) is 0 Å². The molecule has 0 fully saturated rings. The van der Waals surface area contributed by atoms with Gasteiger partial charge in [0.1, 0.15) is 23.7 Å². The zero-order valence-electron chi connectivity index (χ0n) is 24.6. The van der Waals surface area contributed by atoms with E-state index in [-0.39, 0.29) is 37.4 Å². The molecule has 12 nitrogen and oxygen atoms in total. The van der Waals surface area contributed by atoms with Crippen LogP contribution in [0.1, 0.15) is 36.5 Å². The number of benzene rings is 3. The van der Waals surface area contributed by atoms with E-state index in [0.717, 1.165) is 22.4 Å². The van der Waals surface area contributed by atoms with E-state index in [0.29, 0.717) is 11.1 Å². The average Bonchev–Trinajstić information content (AvgIpc) is 3.01. The van der Waals surface area contributed by atoms with Crippen molar-refractivity contribution in [2.45, 2.75) is 44.8 Å². The molecular weight excluding hydrogens is 584 g/mol. The van der Waals surface area contributed by atoms with Gasteiger partial charge in [-0.1, -0.05) is 60.7 Å². The molecule has 2 atom stereocenters. The lowest BCUT2D eigenvalue weighted by Crippen LogP contribution is -2.54. The van der Waals surface area contributed by atoms with Crippen LogP contribution < -0.4 is 31.6 Å². The third-order valence-electron chi connectivity index (χ3n) is 6.88. The number of nitrogen functional groups attached to an aromatic ring is 1. The van der Waals surface area contributed by atoms with E-state index in [4.69, 9.17) is 21.6 Å². The molecule has 0 aliphatic carbocycles. The maximum absolute atomic E-state index is 13.4. The quantitative estimate of drug-likeness (QED) is 0.103. The van der Waals surface area contributed by atoms with Crippen LogP contribution in [0.3, 0.4) is 0 Å². The minimum Gasteiger partial charge on any atom is -0.497 e. The van der Waals surface area contributed by atoms with Crippen LogP contribution in [0.4, 0.5) is 0 Å². The standard InChI is InChI=1S/C31H38N6O6S/c1-3-44(41,42)37-27(18-20-4-8-22(9-5-20)23-12-14-25(43-2)15-13-23)31(40)36-26(16-17-28(32)38)30(39)35-19-21-6-10-24(11-7-21)29(33)34/h4-15,26-27,37H,3,16-19H2,1-2H3,(H2,32,38)(H3,33,34)(H,35,39)(H,36,40)/t26-,27+/m0/s1. The molecule has 0 aromatic heterocycles. The molecule has 0 radical (unpaired) electrons. The van der Waals surface area contributed by atoms with Crippen molar-refractivity contribution < 1.29 is 27.5 Å². The van der Waals surface area contributed by atoms with E-state index in [1.165, 1.54) is 6.92 Å². The fourth-order valence-corrected chi connectivity index (χ4v) is 5.07. The fraction of sp³-hybridized carbons (Fsp3) is 0.290. The highest BCUT2D eigenvalue weighted by molar-refractivity contribution is 7.89. The lowest BCUT2D eigenvalue weighted by atomic mass is 10.00. The molecule has 13 heteroatoms. The predicted octanol–water partition coefficient (Wildman–Crippen LogP) is 1.56. The molecule has 0 unspecified atom stereocenters. The number of rotatable bonds is 16. The summed E-state index contributed by atoms with van der Waals surface area (Å²) < 4.78 is 32.6. The molecule has 3 rings (SSSR count). The minimum absolute atomic E-state index is 0.0145. The van der Waals surface area contributed by atoms with E-state index >= 15 is 0 Å². The molecule has 0 bridgehead atoms. The van der Waals surface area contributed by atoms with E-state index in [1.54, 1.807) is 43.5 Å². The Morgan fingerprint density at radius 2 is 1.41 bits per heavy atom. The third kappa shape index (κ3) is 10.2. The van der Waals surface area contributed by atoms with Crippen molar-refractivity contribution in [2.75, 3.05) is 12.9 Å². The summed E-state index contributed by atoms with van der Waals surface area (Å²) in [6.07, 6.45) is -0.246. The number of hydrogen-bond acceptors (Lipinski definition) is 7. The number of nitrogens with two attached hydrogens (primary N) is 2. The summed E-state index contributed by atoms with van der Waals surface area (Å²) in [5.41, 5.74) is 14.6. The Labute approximate surface area is 257 Å². The maximum Gasteiger partial charge on any atom is 0.242 e. The molecule has 0 saturated heterocycles. The van der Waals surface area contributed by atoms with Gasteiger partial charge < -0.3 is 26.8 Å². The summed E-state index contributed by atoms with van der Waals surface area (Å²) in [5, 5.41) is 12.8. The van der Waals surface area contributed by atoms with Gasteiger partial charge in [0, 0.05) is 18.5 Å². The van der Waals surface area contributed by atoms with Gasteiger partial charge in [-0.2, -0.15) is 0 Å². The number of amidine groups is 1. The molecule has 3 aromatic rings. The lowest BCUT2D eigenvalue weighted by molar-refractivity contribution is -0.130. The van der Waals surface area contributed by atoms with Crippen molar-refractivity contribution >= 4 is 33.6 Å². The number of nitrogens with one attached hydrogen (secondary N) is 4. The van der Waals surface area contributed by atoms with Crippen LogP contribution in [0, 0.1) is 5.41 Å². The van der Waals surface area contributed by atoms with E-state index in [1.807, 2.05) is 36.4 Å². The minimum atomic E-state index is -3.80. The number of carbonyl (C=O) groups is 3. The van der Waals surface area contributed by atoms with E-state index in [9.17, 15) is 22.8 Å². The molecule has 3 amide bonds. The van der Waals surface area contributed by atoms with Crippen molar-refractivity contribution in [2.24, 2.45) is 11.5 Å². The Kier molecular flexibility index (Phi) is 12.0. The van der Waals surface area contributed by atoms with Gasteiger partial charge in [-0.3, -0.25) is 19.8 Å². The fourth-order valence-electron chi connectivity index (χ4n) is 4.28. The molecule has 0 saturated carbocycles. The van der Waals surface area contributed by atoms with Crippen LogP contribution in [0.5, 0.6) is 5.75 Å². The highest BCUT2D eigenvalue weighted by Gasteiger charge is 2.28. The van der Waals surface area contributed by atoms with E-state index < -0.39 is 39.8 Å². The van der Waals surface area contributed by atoms with Gasteiger partial charge in [0.25, 0.3) is 0 Å². The van der Waals surface area contributed by atoms with Gasteiger partial charge in [-0.05, 0) is 54.2 Å². The number of primary amides is 1. The molecular formula is C31H38N6O6S. The van der Waals surface area contributed by atoms with Gasteiger partial charge in [0.05, 0.1) is 12.9 Å². The summed E-state index contributed by atoms with van der Waals surface area (Å²) in [6, 6.07) is 19.2. The summed E-state index contributed by atoms with van der Waals surface area (Å²) in [6.45, 7) is 1.55. The van der Waals surface area contributed by atoms with Crippen molar-refractivity contribution in [3.05, 3.63) is 89.5 Å². The first-order valence-electron chi connectivity index (χ1n) is 13.9. The Morgan fingerprint density at radius 1 is 0.841 bits per heavy atom. The number of ether oxygens (including phenoxy) is 1. The number of sulfonamides is 1. The van der Waals surface area contributed by atoms with Crippen LogP contribution in [-0.2, 0) is 37.4 Å². The van der Waals surface area contributed by atoms with Gasteiger partial charge in [-0.15, -0.1) is 0 Å². The van der Waals surface area contributed by atoms with Crippen LogP contribution in [0.2, 0.25) is 0 Å². The topological polar surface area (TPSA) is 207 Å². The molecule has 3 aromatic carbocycles. The number of methoxy groups -OCH3 is 1. The molecule has 0 spiro atoms. The van der Waals surface area contributed by atoms with Gasteiger partial charge in [0.15, 0.2) is 0 Å². The van der Waals surface area contributed by atoms with Crippen LogP contribution in [0.15, 0.2) is 72.8 Å². The molecule has 0 heterocycles. The summed E-state index contributed by atoms with van der Waals surface area (Å²) >= 11 is 0. The zero-order valence-corrected chi connectivity index (χ0v) is 25.4. The normalized spacial score (nSPS) is 12.5. The first-order valence-corrected chi connectivity index (χ1v) is 15.6. The van der Waals surface area contributed by atoms with Crippen molar-refractivity contribution in [3.8, 4) is 16.9 Å². The zero-order chi connectivity index (χ0) is 32.3. The molecule has 8 N–H and O–H groups in total. The van der Waals surface area contributed by atoms with Crippen LogP contribution in [-0.4, -0.2) is 56.9 Å². The first kappa shape index (κ1) is 33.7. The lowest BCUT2D eigenvalue weighted by Gasteiger charge is -2.23. The third-order valence-corrected chi connectivity index (χ3v) is 8.28. The largest absolute Gasteiger partial charge is 0.497 e. The Morgan fingerprint density at radius 3 is 1.93 bits per heavy atom. The molecule has 234 valence electrons. The summed E-state index contributed by atoms with van der Waals surface area (Å²) in [4.78, 5) is 38.0. The average molecular weight is 623 g/mol. The van der Waals surface area contributed by atoms with E-state index in [2.05, 4.69) is 15.4 Å².